The number of amides is 1. The molecular weight excluding hydrogens is 294 g/mol. The molecule has 0 saturated carbocycles. The predicted molar refractivity (Wildman–Crippen MR) is 86.0 cm³/mol. The van der Waals surface area contributed by atoms with Gasteiger partial charge in [-0.2, -0.15) is 0 Å². The van der Waals surface area contributed by atoms with Gasteiger partial charge in [-0.3, -0.25) is 0 Å². The molecule has 1 aromatic heterocycles. The zero-order valence-electron chi connectivity index (χ0n) is 13.9. The van der Waals surface area contributed by atoms with Crippen LogP contribution in [0.3, 0.4) is 0 Å². The molecule has 1 amide bonds. The van der Waals surface area contributed by atoms with Gasteiger partial charge in [0.25, 0.3) is 0 Å². The molecule has 1 aromatic carbocycles. The van der Waals surface area contributed by atoms with E-state index in [0.29, 0.717) is 5.92 Å². The molecule has 0 atom stereocenters. The Hall–Kier alpha value is -2.11. The van der Waals surface area contributed by atoms with Crippen LogP contribution in [0.15, 0.2) is 22.8 Å². The number of hydrogen-bond donors (Lipinski definition) is 0. The largest absolute Gasteiger partial charge is 0.444 e. The highest BCUT2D eigenvalue weighted by Gasteiger charge is 2.26. The van der Waals surface area contributed by atoms with Crippen molar-refractivity contribution in [1.82, 2.24) is 15.2 Å². The lowest BCUT2D eigenvalue weighted by molar-refractivity contribution is 0.0184. The van der Waals surface area contributed by atoms with Crippen LogP contribution in [0.5, 0.6) is 0 Å². The van der Waals surface area contributed by atoms with E-state index in [2.05, 4.69) is 16.4 Å². The Morgan fingerprint density at radius 3 is 2.65 bits per heavy atom. The van der Waals surface area contributed by atoms with Crippen molar-refractivity contribution in [3.8, 4) is 0 Å². The SMILES string of the molecule is CC(C)(C)OC(=O)N1CCC(Cc2ccc3nonc3c2)CC1. The standard InChI is InChI=1S/C17H23N3O3/c1-17(2,3)22-16(21)20-8-6-12(7-9-20)10-13-4-5-14-15(11-13)19-23-18-14/h4-5,11-12H,6-10H2,1-3H3. The summed E-state index contributed by atoms with van der Waals surface area (Å²) < 4.78 is 10.2. The van der Waals surface area contributed by atoms with Gasteiger partial charge < -0.3 is 9.64 Å². The molecule has 2 aromatic rings. The van der Waals surface area contributed by atoms with Crippen LogP contribution < -0.4 is 0 Å². The number of carbonyl (C=O) groups is 1. The summed E-state index contributed by atoms with van der Waals surface area (Å²) in [5, 5.41) is 7.71. The maximum absolute atomic E-state index is 12.1. The van der Waals surface area contributed by atoms with Gasteiger partial charge in [0.2, 0.25) is 0 Å². The van der Waals surface area contributed by atoms with Gasteiger partial charge in [-0.05, 0) is 74.0 Å². The molecule has 2 heterocycles. The summed E-state index contributed by atoms with van der Waals surface area (Å²) in [6, 6.07) is 6.05. The number of rotatable bonds is 2. The van der Waals surface area contributed by atoms with Gasteiger partial charge in [-0.15, -0.1) is 0 Å². The van der Waals surface area contributed by atoms with E-state index in [9.17, 15) is 4.79 Å². The first-order chi connectivity index (χ1) is 10.9. The molecule has 1 saturated heterocycles. The first-order valence-corrected chi connectivity index (χ1v) is 8.10. The van der Waals surface area contributed by atoms with Gasteiger partial charge in [0.05, 0.1) is 0 Å². The highest BCUT2D eigenvalue weighted by molar-refractivity contribution is 5.73. The Labute approximate surface area is 135 Å². The number of fused-ring (bicyclic) bond motifs is 1. The van der Waals surface area contributed by atoms with Crippen LogP contribution in [-0.4, -0.2) is 40.0 Å². The van der Waals surface area contributed by atoms with Crippen LogP contribution in [0.25, 0.3) is 11.0 Å². The molecule has 6 heteroatoms. The van der Waals surface area contributed by atoms with Gasteiger partial charge in [-0.1, -0.05) is 6.07 Å². The highest BCUT2D eigenvalue weighted by atomic mass is 16.6. The number of likely N-dealkylation sites (tertiary alicyclic amines) is 1. The van der Waals surface area contributed by atoms with Crippen LogP contribution in [0.2, 0.25) is 0 Å². The van der Waals surface area contributed by atoms with Gasteiger partial charge in [0.1, 0.15) is 16.6 Å². The molecular formula is C17H23N3O3. The van der Waals surface area contributed by atoms with Crippen molar-refractivity contribution in [2.45, 2.75) is 45.6 Å². The number of aromatic nitrogens is 2. The van der Waals surface area contributed by atoms with Crippen molar-refractivity contribution in [2.24, 2.45) is 5.92 Å². The van der Waals surface area contributed by atoms with Crippen molar-refractivity contribution in [3.63, 3.8) is 0 Å². The van der Waals surface area contributed by atoms with Crippen molar-refractivity contribution in [3.05, 3.63) is 23.8 Å². The minimum absolute atomic E-state index is 0.203. The van der Waals surface area contributed by atoms with E-state index in [-0.39, 0.29) is 6.09 Å². The van der Waals surface area contributed by atoms with Crippen molar-refractivity contribution >= 4 is 17.1 Å². The monoisotopic (exact) mass is 317 g/mol. The van der Waals surface area contributed by atoms with Crippen LogP contribution >= 0.6 is 0 Å². The summed E-state index contributed by atoms with van der Waals surface area (Å²) in [7, 11) is 0. The third-order valence-corrected chi connectivity index (χ3v) is 4.11. The van der Waals surface area contributed by atoms with Crippen molar-refractivity contribution < 1.29 is 14.2 Å². The average molecular weight is 317 g/mol. The zero-order valence-corrected chi connectivity index (χ0v) is 13.9. The molecule has 0 radical (unpaired) electrons. The Balaban J connectivity index is 1.53. The molecule has 0 N–H and O–H groups in total. The first-order valence-electron chi connectivity index (χ1n) is 8.10. The number of benzene rings is 1. The number of hydrogen-bond acceptors (Lipinski definition) is 5. The van der Waals surface area contributed by atoms with E-state index in [1.54, 1.807) is 0 Å². The normalized spacial score (nSPS) is 16.7. The summed E-state index contributed by atoms with van der Waals surface area (Å²) in [6.45, 7) is 7.20. The van der Waals surface area contributed by atoms with E-state index >= 15 is 0 Å². The fourth-order valence-electron chi connectivity index (χ4n) is 2.93. The predicted octanol–water partition coefficient (Wildman–Crippen LogP) is 3.41. The Morgan fingerprint density at radius 1 is 1.26 bits per heavy atom. The molecule has 124 valence electrons. The van der Waals surface area contributed by atoms with E-state index in [4.69, 9.17) is 9.37 Å². The molecule has 6 nitrogen and oxygen atoms in total. The van der Waals surface area contributed by atoms with Crippen LogP contribution in [-0.2, 0) is 11.2 Å². The van der Waals surface area contributed by atoms with Crippen LogP contribution in [0.4, 0.5) is 4.79 Å². The number of ether oxygens (including phenoxy) is 1. The van der Waals surface area contributed by atoms with Gasteiger partial charge in [0.15, 0.2) is 0 Å². The molecule has 0 spiro atoms. The smallest absolute Gasteiger partial charge is 0.410 e. The van der Waals surface area contributed by atoms with Gasteiger partial charge in [-0.25, -0.2) is 9.42 Å². The minimum Gasteiger partial charge on any atom is -0.444 e. The van der Waals surface area contributed by atoms with E-state index in [1.165, 1.54) is 5.56 Å². The summed E-state index contributed by atoms with van der Waals surface area (Å²) in [4.78, 5) is 13.9. The molecule has 0 aliphatic carbocycles. The molecule has 1 fully saturated rings. The first kappa shape index (κ1) is 15.8. The summed E-state index contributed by atoms with van der Waals surface area (Å²) in [5.74, 6) is 0.575. The average Bonchev–Trinajstić information content (AvgIpc) is 2.94. The molecule has 1 aliphatic rings. The Morgan fingerprint density at radius 2 is 1.96 bits per heavy atom. The summed E-state index contributed by atoms with van der Waals surface area (Å²) in [5.41, 5.74) is 2.39. The molecule has 3 rings (SSSR count). The van der Waals surface area contributed by atoms with E-state index in [1.807, 2.05) is 37.8 Å². The lowest BCUT2D eigenvalue weighted by Crippen LogP contribution is -2.42. The lowest BCUT2D eigenvalue weighted by Gasteiger charge is -2.33. The molecule has 1 aliphatic heterocycles. The van der Waals surface area contributed by atoms with E-state index < -0.39 is 5.60 Å². The minimum atomic E-state index is -0.436. The topological polar surface area (TPSA) is 68.5 Å². The summed E-state index contributed by atoms with van der Waals surface area (Å²) in [6.07, 6.45) is 2.78. The second kappa shape index (κ2) is 6.18. The molecule has 0 unspecified atom stereocenters. The second-order valence-electron chi connectivity index (χ2n) is 7.20. The quantitative estimate of drug-likeness (QED) is 0.849. The van der Waals surface area contributed by atoms with Crippen molar-refractivity contribution in [1.29, 1.82) is 0 Å². The fourth-order valence-corrected chi connectivity index (χ4v) is 2.93. The fraction of sp³-hybridized carbons (Fsp3) is 0.588. The number of carbonyl (C=O) groups excluding carboxylic acids is 1. The number of piperidine rings is 1. The molecule has 0 bridgehead atoms. The molecule has 23 heavy (non-hydrogen) atoms. The maximum Gasteiger partial charge on any atom is 0.410 e. The Bertz CT molecular complexity index is 682. The van der Waals surface area contributed by atoms with Gasteiger partial charge in [0, 0.05) is 13.1 Å². The second-order valence-corrected chi connectivity index (χ2v) is 7.20. The zero-order chi connectivity index (χ0) is 16.4. The third kappa shape index (κ3) is 4.00. The third-order valence-electron chi connectivity index (χ3n) is 4.11. The van der Waals surface area contributed by atoms with Crippen LogP contribution in [0, 0.1) is 5.92 Å². The van der Waals surface area contributed by atoms with E-state index in [0.717, 1.165) is 43.4 Å². The van der Waals surface area contributed by atoms with Crippen LogP contribution in [0.1, 0.15) is 39.2 Å². The van der Waals surface area contributed by atoms with Crippen molar-refractivity contribution in [2.75, 3.05) is 13.1 Å². The highest BCUT2D eigenvalue weighted by Crippen LogP contribution is 2.24. The van der Waals surface area contributed by atoms with Gasteiger partial charge >= 0.3 is 6.09 Å². The maximum atomic E-state index is 12.1. The number of nitrogens with zero attached hydrogens (tertiary/aromatic N) is 3. The summed E-state index contributed by atoms with van der Waals surface area (Å²) >= 11 is 0. The Kier molecular flexibility index (Phi) is 4.24. The lowest BCUT2D eigenvalue weighted by atomic mass is 9.90.